The fourth-order valence-corrected chi connectivity index (χ4v) is 4.39. The molecule has 0 spiro atoms. The topological polar surface area (TPSA) is 87.9 Å². The van der Waals surface area contributed by atoms with Gasteiger partial charge in [-0.3, -0.25) is 9.69 Å². The Morgan fingerprint density at radius 2 is 1.97 bits per heavy atom. The molecule has 1 aliphatic rings. The number of pyridine rings is 1. The molecule has 0 saturated carbocycles. The zero-order chi connectivity index (χ0) is 23.0. The van der Waals surface area contributed by atoms with Gasteiger partial charge in [-0.05, 0) is 46.8 Å². The average Bonchev–Trinajstić information content (AvgIpc) is 3.11. The van der Waals surface area contributed by atoms with Crippen LogP contribution in [0.3, 0.4) is 0 Å². The molecule has 1 saturated heterocycles. The number of nitrogens with one attached hydrogen (secondary N) is 1. The number of ether oxygens (including phenoxy) is 1. The number of rotatable bonds is 4. The molecule has 0 unspecified atom stereocenters. The van der Waals surface area contributed by atoms with Gasteiger partial charge in [0.2, 0.25) is 0 Å². The summed E-state index contributed by atoms with van der Waals surface area (Å²) in [5, 5.41) is 11.4. The molecule has 3 aromatic rings. The molecule has 1 atom stereocenters. The number of hydrogen-bond acceptors (Lipinski definition) is 7. The van der Waals surface area contributed by atoms with E-state index in [9.17, 15) is 4.79 Å². The van der Waals surface area contributed by atoms with Gasteiger partial charge in [0.15, 0.2) is 11.6 Å². The number of carbonyl (C=O) groups excluding carboxylic acids is 1. The van der Waals surface area contributed by atoms with Gasteiger partial charge in [0.05, 0.1) is 18.4 Å². The standard InChI is InChI=1S/C23H31N7O2/c1-15-12-29-14-17(18(32-6)11-21(29)24-15)22(31)25-19-7-8-20(27-26-19)28-9-10-30(16(2)13-28)23(3,4)5/h7-8,11-12,14,16H,9-10,13H2,1-6H3,(H,25,26,31)/t16-/m0/s1. The zero-order valence-corrected chi connectivity index (χ0v) is 19.6. The second kappa shape index (κ2) is 8.38. The number of aromatic nitrogens is 4. The second-order valence-electron chi connectivity index (χ2n) is 9.29. The normalized spacial score (nSPS) is 17.6. The highest BCUT2D eigenvalue weighted by molar-refractivity contribution is 6.05. The minimum Gasteiger partial charge on any atom is -0.496 e. The molecule has 170 valence electrons. The summed E-state index contributed by atoms with van der Waals surface area (Å²) in [5.41, 5.74) is 2.13. The van der Waals surface area contributed by atoms with Crippen LogP contribution in [0.25, 0.3) is 5.65 Å². The molecule has 9 nitrogen and oxygen atoms in total. The minimum atomic E-state index is -0.315. The van der Waals surface area contributed by atoms with Crippen molar-refractivity contribution in [3.8, 4) is 5.75 Å². The van der Waals surface area contributed by atoms with Crippen LogP contribution in [-0.4, -0.2) is 68.7 Å². The van der Waals surface area contributed by atoms with Crippen molar-refractivity contribution in [2.75, 3.05) is 37.0 Å². The number of amides is 1. The van der Waals surface area contributed by atoms with Crippen LogP contribution in [0.2, 0.25) is 0 Å². The second-order valence-corrected chi connectivity index (χ2v) is 9.29. The zero-order valence-electron chi connectivity index (χ0n) is 19.6. The Kier molecular flexibility index (Phi) is 5.77. The number of methoxy groups -OCH3 is 1. The van der Waals surface area contributed by atoms with Crippen LogP contribution in [0.4, 0.5) is 11.6 Å². The van der Waals surface area contributed by atoms with Crippen molar-refractivity contribution in [1.82, 2.24) is 24.5 Å². The van der Waals surface area contributed by atoms with E-state index in [1.54, 1.807) is 22.7 Å². The largest absolute Gasteiger partial charge is 0.496 e. The lowest BCUT2D eigenvalue weighted by Gasteiger charge is -2.47. The summed E-state index contributed by atoms with van der Waals surface area (Å²) in [7, 11) is 1.54. The fraction of sp³-hybridized carbons (Fsp3) is 0.478. The Bertz CT molecular complexity index is 1120. The molecule has 0 radical (unpaired) electrons. The van der Waals surface area contributed by atoms with E-state index in [4.69, 9.17) is 4.74 Å². The Balaban J connectivity index is 1.46. The minimum absolute atomic E-state index is 0.144. The third-order valence-electron chi connectivity index (χ3n) is 5.84. The van der Waals surface area contributed by atoms with Gasteiger partial charge in [-0.1, -0.05) is 0 Å². The molecule has 1 aliphatic heterocycles. The fourth-order valence-electron chi connectivity index (χ4n) is 4.39. The molecule has 4 heterocycles. The van der Waals surface area contributed by atoms with E-state index in [2.05, 4.69) is 58.0 Å². The van der Waals surface area contributed by atoms with E-state index in [0.717, 1.165) is 36.8 Å². The first-order valence-electron chi connectivity index (χ1n) is 10.9. The van der Waals surface area contributed by atoms with E-state index in [1.165, 1.54) is 7.11 Å². The molecule has 1 N–H and O–H groups in total. The SMILES string of the molecule is COc1cc2nc(C)cn2cc1C(=O)Nc1ccc(N2CCN(C(C)(C)C)[C@@H](C)C2)nn1. The molecular weight excluding hydrogens is 406 g/mol. The highest BCUT2D eigenvalue weighted by atomic mass is 16.5. The van der Waals surface area contributed by atoms with Gasteiger partial charge in [0, 0.05) is 49.7 Å². The van der Waals surface area contributed by atoms with Gasteiger partial charge in [-0.15, -0.1) is 10.2 Å². The number of anilines is 2. The van der Waals surface area contributed by atoms with Gasteiger partial charge in [0.25, 0.3) is 5.91 Å². The maximum atomic E-state index is 12.9. The molecule has 32 heavy (non-hydrogen) atoms. The summed E-state index contributed by atoms with van der Waals surface area (Å²) >= 11 is 0. The number of aryl methyl sites for hydroxylation is 1. The third-order valence-corrected chi connectivity index (χ3v) is 5.84. The van der Waals surface area contributed by atoms with Crippen molar-refractivity contribution < 1.29 is 9.53 Å². The summed E-state index contributed by atoms with van der Waals surface area (Å²) in [6, 6.07) is 5.85. The third kappa shape index (κ3) is 4.38. The molecular formula is C23H31N7O2. The number of carbonyl (C=O) groups is 1. The molecule has 9 heteroatoms. The first kappa shape index (κ1) is 22.0. The van der Waals surface area contributed by atoms with E-state index in [1.807, 2.05) is 19.2 Å². The predicted octanol–water partition coefficient (Wildman–Crippen LogP) is 3.00. The number of hydrogen-bond donors (Lipinski definition) is 1. The van der Waals surface area contributed by atoms with Gasteiger partial charge < -0.3 is 19.4 Å². The van der Waals surface area contributed by atoms with Crippen LogP contribution < -0.4 is 15.0 Å². The Morgan fingerprint density at radius 1 is 1.19 bits per heavy atom. The Hall–Kier alpha value is -3.20. The van der Waals surface area contributed by atoms with Gasteiger partial charge >= 0.3 is 0 Å². The molecule has 4 rings (SSSR count). The molecule has 0 aromatic carbocycles. The molecule has 1 fully saturated rings. The van der Waals surface area contributed by atoms with Gasteiger partial charge in [-0.25, -0.2) is 4.98 Å². The van der Waals surface area contributed by atoms with Crippen molar-refractivity contribution in [2.24, 2.45) is 0 Å². The summed E-state index contributed by atoms with van der Waals surface area (Å²) in [6.45, 7) is 13.6. The molecule has 1 amide bonds. The number of imidazole rings is 1. The summed E-state index contributed by atoms with van der Waals surface area (Å²) in [6.07, 6.45) is 3.57. The Labute approximate surface area is 188 Å². The van der Waals surface area contributed by atoms with Crippen LogP contribution in [0.1, 0.15) is 43.7 Å². The molecule has 3 aromatic heterocycles. The summed E-state index contributed by atoms with van der Waals surface area (Å²) < 4.78 is 7.21. The highest BCUT2D eigenvalue weighted by Gasteiger charge is 2.31. The van der Waals surface area contributed by atoms with Crippen LogP contribution in [0.15, 0.2) is 30.6 Å². The smallest absolute Gasteiger partial charge is 0.262 e. The quantitative estimate of drug-likeness (QED) is 0.671. The lowest BCUT2D eigenvalue weighted by Crippen LogP contribution is -2.58. The number of nitrogens with zero attached hydrogens (tertiary/aromatic N) is 6. The van der Waals surface area contributed by atoms with Crippen molar-refractivity contribution in [3.05, 3.63) is 41.9 Å². The van der Waals surface area contributed by atoms with Crippen LogP contribution in [-0.2, 0) is 0 Å². The van der Waals surface area contributed by atoms with E-state index >= 15 is 0 Å². The van der Waals surface area contributed by atoms with Crippen LogP contribution in [0, 0.1) is 6.92 Å². The summed E-state index contributed by atoms with van der Waals surface area (Å²) in [5.74, 6) is 1.35. The average molecular weight is 438 g/mol. The van der Waals surface area contributed by atoms with Crippen molar-refractivity contribution >= 4 is 23.2 Å². The maximum absolute atomic E-state index is 12.9. The van der Waals surface area contributed by atoms with Crippen molar-refractivity contribution in [1.29, 1.82) is 0 Å². The van der Waals surface area contributed by atoms with Gasteiger partial charge in [0.1, 0.15) is 11.4 Å². The molecule has 0 aliphatic carbocycles. The first-order chi connectivity index (χ1) is 15.2. The maximum Gasteiger partial charge on any atom is 0.262 e. The predicted molar refractivity (Wildman–Crippen MR) is 125 cm³/mol. The highest BCUT2D eigenvalue weighted by Crippen LogP contribution is 2.25. The lowest BCUT2D eigenvalue weighted by atomic mass is 10.0. The Morgan fingerprint density at radius 3 is 2.59 bits per heavy atom. The number of piperazine rings is 1. The van der Waals surface area contributed by atoms with Crippen molar-refractivity contribution in [3.63, 3.8) is 0 Å². The number of fused-ring (bicyclic) bond motifs is 1. The van der Waals surface area contributed by atoms with Crippen molar-refractivity contribution in [2.45, 2.75) is 46.2 Å². The van der Waals surface area contributed by atoms with Crippen LogP contribution in [0.5, 0.6) is 5.75 Å². The summed E-state index contributed by atoms with van der Waals surface area (Å²) in [4.78, 5) is 22.1. The lowest BCUT2D eigenvalue weighted by molar-refractivity contribution is 0.0796. The first-order valence-corrected chi connectivity index (χ1v) is 10.9. The van der Waals surface area contributed by atoms with Crippen LogP contribution >= 0.6 is 0 Å². The molecule has 0 bridgehead atoms. The van der Waals surface area contributed by atoms with E-state index in [0.29, 0.717) is 23.2 Å². The monoisotopic (exact) mass is 437 g/mol. The van der Waals surface area contributed by atoms with E-state index < -0.39 is 0 Å². The van der Waals surface area contributed by atoms with E-state index in [-0.39, 0.29) is 11.4 Å². The van der Waals surface area contributed by atoms with Gasteiger partial charge in [-0.2, -0.15) is 0 Å².